The molecule has 1 aliphatic heterocycles. The molecule has 0 radical (unpaired) electrons. The lowest BCUT2D eigenvalue weighted by molar-refractivity contribution is -0.118. The topological polar surface area (TPSA) is 41.5 Å². The highest BCUT2D eigenvalue weighted by molar-refractivity contribution is 6.08. The lowest BCUT2D eigenvalue weighted by atomic mass is 10.3. The monoisotopic (exact) mass is 174 g/mol. The summed E-state index contributed by atoms with van der Waals surface area (Å²) in [5.74, 6) is 0.0645. The van der Waals surface area contributed by atoms with E-state index in [0.29, 0.717) is 13.0 Å². The van der Waals surface area contributed by atoms with Crippen molar-refractivity contribution in [3.63, 3.8) is 0 Å². The van der Waals surface area contributed by atoms with Crippen molar-refractivity contribution < 1.29 is 4.79 Å². The third-order valence-corrected chi connectivity index (χ3v) is 1.90. The molecule has 1 amide bonds. The lowest BCUT2D eigenvalue weighted by Gasteiger charge is -1.93. The van der Waals surface area contributed by atoms with Crippen LogP contribution in [-0.4, -0.2) is 18.2 Å². The van der Waals surface area contributed by atoms with E-state index in [1.807, 2.05) is 30.3 Å². The van der Waals surface area contributed by atoms with E-state index in [4.69, 9.17) is 0 Å². The van der Waals surface area contributed by atoms with Crippen LogP contribution in [0.5, 0.6) is 0 Å². The molecule has 66 valence electrons. The van der Waals surface area contributed by atoms with Gasteiger partial charge in [0.1, 0.15) is 0 Å². The zero-order valence-electron chi connectivity index (χ0n) is 7.16. The molecule has 2 rings (SSSR count). The Labute approximate surface area is 76.5 Å². The third-order valence-electron chi connectivity index (χ3n) is 1.90. The Morgan fingerprint density at radius 3 is 2.62 bits per heavy atom. The smallest absolute Gasteiger partial charge is 0.226 e. The molecule has 1 aliphatic rings. The normalized spacial score (nSPS) is 19.1. The van der Waals surface area contributed by atoms with Gasteiger partial charge in [0.15, 0.2) is 0 Å². The van der Waals surface area contributed by atoms with Crippen molar-refractivity contribution >= 4 is 17.3 Å². The standard InChI is InChI=1S/C10H10N2O/c13-10-6-9(7-11-10)12-8-4-2-1-3-5-8/h1-5H,6-7H2,(H,11,13). The minimum Gasteiger partial charge on any atom is -0.350 e. The molecular formula is C10H10N2O. The number of hydrogen-bond donors (Lipinski definition) is 1. The summed E-state index contributed by atoms with van der Waals surface area (Å²) in [5.41, 5.74) is 1.82. The van der Waals surface area contributed by atoms with Crippen molar-refractivity contribution in [1.82, 2.24) is 5.32 Å². The second-order valence-corrected chi connectivity index (χ2v) is 2.97. The van der Waals surface area contributed by atoms with Crippen LogP contribution in [0.25, 0.3) is 0 Å². The highest BCUT2D eigenvalue weighted by Gasteiger charge is 2.15. The number of benzene rings is 1. The van der Waals surface area contributed by atoms with Gasteiger partial charge in [-0.1, -0.05) is 18.2 Å². The van der Waals surface area contributed by atoms with E-state index in [-0.39, 0.29) is 5.91 Å². The summed E-state index contributed by atoms with van der Waals surface area (Å²) in [5, 5.41) is 2.72. The highest BCUT2D eigenvalue weighted by atomic mass is 16.1. The van der Waals surface area contributed by atoms with Gasteiger partial charge in [0, 0.05) is 5.71 Å². The predicted octanol–water partition coefficient (Wildman–Crippen LogP) is 1.28. The lowest BCUT2D eigenvalue weighted by Crippen LogP contribution is -2.13. The van der Waals surface area contributed by atoms with Crippen LogP contribution in [0, 0.1) is 0 Å². The van der Waals surface area contributed by atoms with Crippen molar-refractivity contribution in [2.24, 2.45) is 4.99 Å². The average Bonchev–Trinajstić information content (AvgIpc) is 2.53. The molecule has 3 nitrogen and oxygen atoms in total. The van der Waals surface area contributed by atoms with Gasteiger partial charge in [0.05, 0.1) is 18.7 Å². The van der Waals surface area contributed by atoms with E-state index in [1.54, 1.807) is 0 Å². The largest absolute Gasteiger partial charge is 0.350 e. The Morgan fingerprint density at radius 2 is 2.00 bits per heavy atom. The first kappa shape index (κ1) is 7.98. The Kier molecular flexibility index (Phi) is 2.08. The highest BCUT2D eigenvalue weighted by Crippen LogP contribution is 2.11. The van der Waals surface area contributed by atoms with Gasteiger partial charge in [-0.25, -0.2) is 0 Å². The number of nitrogens with one attached hydrogen (secondary N) is 1. The molecule has 0 aliphatic carbocycles. The van der Waals surface area contributed by atoms with Crippen molar-refractivity contribution in [3.8, 4) is 0 Å². The van der Waals surface area contributed by atoms with E-state index < -0.39 is 0 Å². The molecule has 1 fully saturated rings. The number of rotatable bonds is 1. The second kappa shape index (κ2) is 3.39. The van der Waals surface area contributed by atoms with Gasteiger partial charge in [-0.3, -0.25) is 9.79 Å². The summed E-state index contributed by atoms with van der Waals surface area (Å²) in [6.07, 6.45) is 0.439. The average molecular weight is 174 g/mol. The predicted molar refractivity (Wildman–Crippen MR) is 51.2 cm³/mol. The number of nitrogens with zero attached hydrogens (tertiary/aromatic N) is 1. The first-order chi connectivity index (χ1) is 6.34. The van der Waals surface area contributed by atoms with E-state index in [0.717, 1.165) is 11.4 Å². The van der Waals surface area contributed by atoms with E-state index >= 15 is 0 Å². The molecule has 1 heterocycles. The minimum atomic E-state index is 0.0645. The molecule has 0 unspecified atom stereocenters. The van der Waals surface area contributed by atoms with Gasteiger partial charge >= 0.3 is 0 Å². The quantitative estimate of drug-likeness (QED) is 0.684. The zero-order chi connectivity index (χ0) is 9.10. The maximum atomic E-state index is 10.9. The summed E-state index contributed by atoms with van der Waals surface area (Å²) in [7, 11) is 0. The van der Waals surface area contributed by atoms with Crippen LogP contribution >= 0.6 is 0 Å². The molecule has 1 aromatic carbocycles. The van der Waals surface area contributed by atoms with Crippen LogP contribution in [0.2, 0.25) is 0 Å². The number of para-hydroxylation sites is 1. The van der Waals surface area contributed by atoms with Gasteiger partial charge in [0.25, 0.3) is 0 Å². The molecule has 0 aromatic heterocycles. The molecule has 0 atom stereocenters. The Balaban J connectivity index is 2.17. The molecule has 3 heteroatoms. The van der Waals surface area contributed by atoms with Gasteiger partial charge in [-0.05, 0) is 12.1 Å². The Hall–Kier alpha value is -1.64. The van der Waals surface area contributed by atoms with E-state index in [1.165, 1.54) is 0 Å². The number of carbonyl (C=O) groups excluding carboxylic acids is 1. The first-order valence-electron chi connectivity index (χ1n) is 4.23. The van der Waals surface area contributed by atoms with Crippen LogP contribution in [0.3, 0.4) is 0 Å². The summed E-state index contributed by atoms with van der Waals surface area (Å²) in [4.78, 5) is 15.2. The number of hydrogen-bond acceptors (Lipinski definition) is 2. The van der Waals surface area contributed by atoms with Crippen molar-refractivity contribution in [2.45, 2.75) is 6.42 Å². The fourth-order valence-corrected chi connectivity index (χ4v) is 1.28. The Bertz CT molecular complexity index is 343. The van der Waals surface area contributed by atoms with Crippen LogP contribution in [0.15, 0.2) is 35.3 Å². The molecular weight excluding hydrogens is 164 g/mol. The van der Waals surface area contributed by atoms with E-state index in [9.17, 15) is 4.79 Å². The first-order valence-corrected chi connectivity index (χ1v) is 4.23. The summed E-state index contributed by atoms with van der Waals surface area (Å²) in [6, 6.07) is 9.67. The molecule has 0 bridgehead atoms. The van der Waals surface area contributed by atoms with Crippen LogP contribution in [-0.2, 0) is 4.79 Å². The second-order valence-electron chi connectivity index (χ2n) is 2.97. The fraction of sp³-hybridized carbons (Fsp3) is 0.200. The molecule has 13 heavy (non-hydrogen) atoms. The maximum Gasteiger partial charge on any atom is 0.226 e. The van der Waals surface area contributed by atoms with Gasteiger partial charge in [-0.15, -0.1) is 0 Å². The summed E-state index contributed by atoms with van der Waals surface area (Å²) >= 11 is 0. The fourth-order valence-electron chi connectivity index (χ4n) is 1.28. The van der Waals surface area contributed by atoms with Crippen LogP contribution in [0.4, 0.5) is 5.69 Å². The summed E-state index contributed by atoms with van der Waals surface area (Å²) < 4.78 is 0. The zero-order valence-corrected chi connectivity index (χ0v) is 7.16. The summed E-state index contributed by atoms with van der Waals surface area (Å²) in [6.45, 7) is 0.591. The number of carbonyl (C=O) groups is 1. The van der Waals surface area contributed by atoms with Crippen LogP contribution in [0.1, 0.15) is 6.42 Å². The molecule has 1 saturated heterocycles. The SMILES string of the molecule is O=C1CC(=Nc2ccccc2)CN1. The molecule has 0 spiro atoms. The van der Waals surface area contributed by atoms with Crippen molar-refractivity contribution in [1.29, 1.82) is 0 Å². The van der Waals surface area contributed by atoms with Crippen molar-refractivity contribution in [2.75, 3.05) is 6.54 Å². The molecule has 1 N–H and O–H groups in total. The Morgan fingerprint density at radius 1 is 1.23 bits per heavy atom. The third kappa shape index (κ3) is 1.93. The van der Waals surface area contributed by atoms with Crippen LogP contribution < -0.4 is 5.32 Å². The molecule has 0 saturated carbocycles. The number of amides is 1. The van der Waals surface area contributed by atoms with Gasteiger partial charge in [0.2, 0.25) is 5.91 Å². The van der Waals surface area contributed by atoms with E-state index in [2.05, 4.69) is 10.3 Å². The number of aliphatic imine (C=N–C) groups is 1. The minimum absolute atomic E-state index is 0.0645. The van der Waals surface area contributed by atoms with Gasteiger partial charge < -0.3 is 5.32 Å². The van der Waals surface area contributed by atoms with Crippen molar-refractivity contribution in [3.05, 3.63) is 30.3 Å². The van der Waals surface area contributed by atoms with Gasteiger partial charge in [-0.2, -0.15) is 0 Å². The molecule has 1 aromatic rings. The maximum absolute atomic E-state index is 10.9.